The zero-order valence-electron chi connectivity index (χ0n) is 11.4. The molecule has 0 aliphatic carbocycles. The van der Waals surface area contributed by atoms with Gasteiger partial charge in [0.2, 0.25) is 0 Å². The Morgan fingerprint density at radius 3 is 2.50 bits per heavy atom. The van der Waals surface area contributed by atoms with Crippen LogP contribution in [0.4, 0.5) is 8.78 Å². The van der Waals surface area contributed by atoms with Crippen LogP contribution in [-0.2, 0) is 0 Å². The van der Waals surface area contributed by atoms with Crippen molar-refractivity contribution in [3.63, 3.8) is 0 Å². The molecule has 0 heterocycles. The minimum Gasteiger partial charge on any atom is -0.306 e. The van der Waals surface area contributed by atoms with Gasteiger partial charge in [0.1, 0.15) is 0 Å². The molecule has 106 valence electrons. The second kappa shape index (κ2) is 6.46. The third-order valence-corrected chi connectivity index (χ3v) is 3.87. The smallest absolute Gasteiger partial charge is 0.159 e. The van der Waals surface area contributed by atoms with E-state index in [1.54, 1.807) is 6.07 Å². The van der Waals surface area contributed by atoms with E-state index in [0.29, 0.717) is 5.56 Å². The summed E-state index contributed by atoms with van der Waals surface area (Å²) >= 11 is 3.52. The number of halogens is 3. The van der Waals surface area contributed by atoms with Gasteiger partial charge in [-0.1, -0.05) is 46.6 Å². The van der Waals surface area contributed by atoms with Crippen molar-refractivity contribution in [3.05, 3.63) is 69.2 Å². The zero-order chi connectivity index (χ0) is 14.7. The first-order valence-electron chi connectivity index (χ1n) is 6.47. The molecule has 2 aromatic carbocycles. The minimum absolute atomic E-state index is 0.177. The van der Waals surface area contributed by atoms with Crippen LogP contribution in [0.2, 0.25) is 0 Å². The van der Waals surface area contributed by atoms with E-state index in [0.717, 1.165) is 22.1 Å². The lowest BCUT2D eigenvalue weighted by Gasteiger charge is -2.21. The fraction of sp³-hybridized carbons (Fsp3) is 0.250. The summed E-state index contributed by atoms with van der Waals surface area (Å²) in [5.41, 5.74) is 2.84. The Morgan fingerprint density at radius 1 is 1.10 bits per heavy atom. The van der Waals surface area contributed by atoms with Gasteiger partial charge in [-0.25, -0.2) is 8.78 Å². The third kappa shape index (κ3) is 3.25. The van der Waals surface area contributed by atoms with Crippen molar-refractivity contribution in [2.24, 2.45) is 0 Å². The maximum absolute atomic E-state index is 13.5. The molecule has 1 nitrogen and oxygen atoms in total. The van der Waals surface area contributed by atoms with Gasteiger partial charge in [-0.05, 0) is 42.8 Å². The summed E-state index contributed by atoms with van der Waals surface area (Å²) in [7, 11) is 0. The van der Waals surface area contributed by atoms with E-state index in [2.05, 4.69) is 21.2 Å². The third-order valence-electron chi connectivity index (χ3n) is 3.15. The van der Waals surface area contributed by atoms with Crippen LogP contribution in [0, 0.1) is 18.6 Å². The molecular weight excluding hydrogens is 324 g/mol. The fourth-order valence-electron chi connectivity index (χ4n) is 2.19. The highest BCUT2D eigenvalue weighted by molar-refractivity contribution is 9.10. The molecule has 0 saturated carbocycles. The fourth-order valence-corrected chi connectivity index (χ4v) is 2.66. The summed E-state index contributed by atoms with van der Waals surface area (Å²) in [6.45, 7) is 4.71. The number of nitrogens with one attached hydrogen (secondary N) is 1. The molecule has 1 N–H and O–H groups in total. The quantitative estimate of drug-likeness (QED) is 0.848. The van der Waals surface area contributed by atoms with Crippen molar-refractivity contribution in [1.82, 2.24) is 5.32 Å². The minimum atomic E-state index is -0.827. The Balaban J connectivity index is 2.49. The van der Waals surface area contributed by atoms with Gasteiger partial charge in [-0.3, -0.25) is 0 Å². The Labute approximate surface area is 126 Å². The van der Waals surface area contributed by atoms with Gasteiger partial charge in [0.25, 0.3) is 0 Å². The van der Waals surface area contributed by atoms with Crippen LogP contribution in [0.25, 0.3) is 0 Å². The summed E-state index contributed by atoms with van der Waals surface area (Å²) < 4.78 is 27.5. The largest absolute Gasteiger partial charge is 0.306 e. The van der Waals surface area contributed by atoms with Crippen molar-refractivity contribution in [2.75, 3.05) is 6.54 Å². The van der Waals surface area contributed by atoms with Gasteiger partial charge >= 0.3 is 0 Å². The Hall–Kier alpha value is -1.26. The normalized spacial score (nSPS) is 12.4. The van der Waals surface area contributed by atoms with Crippen LogP contribution >= 0.6 is 15.9 Å². The average Bonchev–Trinajstić information content (AvgIpc) is 2.42. The van der Waals surface area contributed by atoms with E-state index in [9.17, 15) is 8.78 Å². The number of hydrogen-bond acceptors (Lipinski definition) is 1. The van der Waals surface area contributed by atoms with Gasteiger partial charge in [-0.15, -0.1) is 0 Å². The summed E-state index contributed by atoms with van der Waals surface area (Å²) in [4.78, 5) is 0. The van der Waals surface area contributed by atoms with Crippen LogP contribution in [0.3, 0.4) is 0 Å². The molecule has 0 spiro atoms. The molecule has 4 heteroatoms. The van der Waals surface area contributed by atoms with Crippen LogP contribution in [0.15, 0.2) is 40.9 Å². The lowest BCUT2D eigenvalue weighted by atomic mass is 9.97. The molecule has 0 bridgehead atoms. The SMILES string of the molecule is CCNC(c1ccc(F)c(F)c1)c1cc(C)ccc1Br. The van der Waals surface area contributed by atoms with Crippen molar-refractivity contribution in [3.8, 4) is 0 Å². The van der Waals surface area contributed by atoms with E-state index in [4.69, 9.17) is 0 Å². The van der Waals surface area contributed by atoms with Crippen LogP contribution < -0.4 is 5.32 Å². The number of aryl methyl sites for hydroxylation is 1. The van der Waals surface area contributed by atoms with E-state index in [1.807, 2.05) is 32.0 Å². The molecule has 0 aliphatic heterocycles. The Bertz CT molecular complexity index is 613. The summed E-state index contributed by atoms with van der Waals surface area (Å²) in [5, 5.41) is 3.31. The first kappa shape index (κ1) is 15.1. The van der Waals surface area contributed by atoms with Gasteiger partial charge in [-0.2, -0.15) is 0 Å². The summed E-state index contributed by atoms with van der Waals surface area (Å²) in [6.07, 6.45) is 0. The van der Waals surface area contributed by atoms with Gasteiger partial charge in [0, 0.05) is 4.47 Å². The Kier molecular flexibility index (Phi) is 4.89. The zero-order valence-corrected chi connectivity index (χ0v) is 13.0. The second-order valence-corrected chi connectivity index (χ2v) is 5.54. The lowest BCUT2D eigenvalue weighted by Crippen LogP contribution is -2.22. The highest BCUT2D eigenvalue weighted by Gasteiger charge is 2.17. The monoisotopic (exact) mass is 339 g/mol. The number of hydrogen-bond donors (Lipinski definition) is 1. The molecule has 0 aromatic heterocycles. The molecule has 20 heavy (non-hydrogen) atoms. The number of rotatable bonds is 4. The number of benzene rings is 2. The van der Waals surface area contributed by atoms with Gasteiger partial charge in [0.15, 0.2) is 11.6 Å². The lowest BCUT2D eigenvalue weighted by molar-refractivity contribution is 0.504. The molecule has 0 aliphatic rings. The van der Waals surface area contributed by atoms with Crippen LogP contribution in [0.1, 0.15) is 29.7 Å². The van der Waals surface area contributed by atoms with E-state index >= 15 is 0 Å². The van der Waals surface area contributed by atoms with Crippen LogP contribution in [-0.4, -0.2) is 6.54 Å². The van der Waals surface area contributed by atoms with Crippen molar-refractivity contribution in [1.29, 1.82) is 0 Å². The highest BCUT2D eigenvalue weighted by Crippen LogP contribution is 2.30. The molecule has 1 unspecified atom stereocenters. The Morgan fingerprint density at radius 2 is 1.85 bits per heavy atom. The highest BCUT2D eigenvalue weighted by atomic mass is 79.9. The van der Waals surface area contributed by atoms with Gasteiger partial charge < -0.3 is 5.32 Å². The van der Waals surface area contributed by atoms with Crippen molar-refractivity contribution in [2.45, 2.75) is 19.9 Å². The van der Waals surface area contributed by atoms with E-state index in [1.165, 1.54) is 12.1 Å². The standard InChI is InChI=1S/C16H16BrF2N/c1-3-20-16(11-5-7-14(18)15(19)9-11)12-8-10(2)4-6-13(12)17/h4-9,16,20H,3H2,1-2H3. The van der Waals surface area contributed by atoms with Crippen molar-refractivity contribution >= 4 is 15.9 Å². The summed E-state index contributed by atoms with van der Waals surface area (Å²) in [5.74, 6) is -1.65. The molecule has 0 fully saturated rings. The van der Waals surface area contributed by atoms with E-state index in [-0.39, 0.29) is 6.04 Å². The van der Waals surface area contributed by atoms with Crippen LogP contribution in [0.5, 0.6) is 0 Å². The summed E-state index contributed by atoms with van der Waals surface area (Å²) in [6, 6.07) is 9.86. The predicted molar refractivity (Wildman–Crippen MR) is 80.8 cm³/mol. The molecule has 0 amide bonds. The molecule has 0 radical (unpaired) electrons. The first-order valence-corrected chi connectivity index (χ1v) is 7.26. The predicted octanol–water partition coefficient (Wildman–Crippen LogP) is 4.73. The molecule has 0 saturated heterocycles. The first-order chi connectivity index (χ1) is 9.52. The van der Waals surface area contributed by atoms with Crippen molar-refractivity contribution < 1.29 is 8.78 Å². The van der Waals surface area contributed by atoms with Gasteiger partial charge in [0.05, 0.1) is 6.04 Å². The topological polar surface area (TPSA) is 12.0 Å². The molecule has 1 atom stereocenters. The molecule has 2 rings (SSSR count). The molecular formula is C16H16BrF2N. The van der Waals surface area contributed by atoms with E-state index < -0.39 is 11.6 Å². The maximum Gasteiger partial charge on any atom is 0.159 e. The second-order valence-electron chi connectivity index (χ2n) is 4.69. The average molecular weight is 340 g/mol. The maximum atomic E-state index is 13.5. The molecule has 2 aromatic rings.